The van der Waals surface area contributed by atoms with Crippen LogP contribution in [0.4, 0.5) is 0 Å². The summed E-state index contributed by atoms with van der Waals surface area (Å²) in [6.07, 6.45) is 3.73. The van der Waals surface area contributed by atoms with Crippen LogP contribution in [0, 0.1) is 13.8 Å². The van der Waals surface area contributed by atoms with Crippen LogP contribution in [0.5, 0.6) is 0 Å². The van der Waals surface area contributed by atoms with Crippen LogP contribution < -0.4 is 5.32 Å². The molecule has 5 aromatic rings. The van der Waals surface area contributed by atoms with E-state index >= 15 is 0 Å². The van der Waals surface area contributed by atoms with Gasteiger partial charge in [-0.05, 0) is 66.6 Å². The quantitative estimate of drug-likeness (QED) is 0.373. The molecule has 0 aliphatic carbocycles. The largest absolute Gasteiger partial charge is 0.348 e. The molecular formula is C25H21ClN8O. The van der Waals surface area contributed by atoms with Crippen LogP contribution in [-0.4, -0.2) is 41.5 Å². The Morgan fingerprint density at radius 3 is 2.77 bits per heavy atom. The van der Waals surface area contributed by atoms with Gasteiger partial charge in [-0.3, -0.25) is 19.7 Å². The molecule has 10 heteroatoms. The van der Waals surface area contributed by atoms with Crippen molar-refractivity contribution in [2.45, 2.75) is 26.8 Å². The molecule has 5 rings (SSSR count). The van der Waals surface area contributed by atoms with Crippen LogP contribution in [0.2, 0.25) is 5.02 Å². The van der Waals surface area contributed by atoms with Crippen LogP contribution in [0.25, 0.3) is 22.3 Å². The van der Waals surface area contributed by atoms with Gasteiger partial charge in [0, 0.05) is 59.0 Å². The number of H-pyrrole nitrogens is 1. The zero-order chi connectivity index (χ0) is 24.4. The molecule has 0 saturated heterocycles. The lowest BCUT2D eigenvalue weighted by Gasteiger charge is -2.10. The molecule has 35 heavy (non-hydrogen) atoms. The second kappa shape index (κ2) is 9.55. The second-order valence-corrected chi connectivity index (χ2v) is 8.63. The lowest BCUT2D eigenvalue weighted by Crippen LogP contribution is -2.23. The van der Waals surface area contributed by atoms with Crippen LogP contribution in [-0.2, 0) is 13.0 Å². The van der Waals surface area contributed by atoms with Crippen LogP contribution in [0.1, 0.15) is 38.6 Å². The number of amides is 1. The molecule has 0 atom stereocenters. The number of hydrogen-bond acceptors (Lipinski definition) is 7. The number of aromatic amines is 1. The second-order valence-electron chi connectivity index (χ2n) is 8.20. The van der Waals surface area contributed by atoms with E-state index in [1.165, 1.54) is 0 Å². The Morgan fingerprint density at radius 2 is 1.97 bits per heavy atom. The number of aromatic nitrogens is 7. The van der Waals surface area contributed by atoms with E-state index < -0.39 is 0 Å². The molecule has 0 fully saturated rings. The van der Waals surface area contributed by atoms with E-state index in [1.807, 2.05) is 44.2 Å². The summed E-state index contributed by atoms with van der Waals surface area (Å²) in [4.78, 5) is 26.2. The van der Waals surface area contributed by atoms with Gasteiger partial charge in [-0.2, -0.15) is 5.21 Å². The van der Waals surface area contributed by atoms with E-state index in [0.29, 0.717) is 29.4 Å². The molecule has 4 heterocycles. The normalized spacial score (nSPS) is 11.1. The maximum Gasteiger partial charge on any atom is 0.251 e. The molecule has 0 unspecified atom stereocenters. The van der Waals surface area contributed by atoms with Crippen molar-refractivity contribution in [3.05, 3.63) is 93.7 Å². The van der Waals surface area contributed by atoms with Gasteiger partial charge in [0.05, 0.1) is 10.5 Å². The highest BCUT2D eigenvalue weighted by Gasteiger charge is 2.14. The van der Waals surface area contributed by atoms with E-state index in [9.17, 15) is 4.79 Å². The van der Waals surface area contributed by atoms with Crippen molar-refractivity contribution in [2.24, 2.45) is 0 Å². The Labute approximate surface area is 206 Å². The Balaban J connectivity index is 1.39. The van der Waals surface area contributed by atoms with E-state index in [1.54, 1.807) is 24.5 Å². The molecule has 1 amide bonds. The average Bonchev–Trinajstić information content (AvgIpc) is 3.38. The standard InChI is InChI=1S/C25H21ClN8O/c1-14-3-4-18(15(2)30-14)12-29-25(35)17-5-6-27-21(11-17)8-16-7-19-10-20(26)13-28-23(19)22(9-16)24-31-33-34-32-24/h3-7,9-11,13H,8,12H2,1-2H3,(H,29,35)(H,31,32,33,34). The van der Waals surface area contributed by atoms with Gasteiger partial charge < -0.3 is 5.32 Å². The van der Waals surface area contributed by atoms with Gasteiger partial charge in [0.25, 0.3) is 5.91 Å². The number of pyridine rings is 3. The number of rotatable bonds is 6. The van der Waals surface area contributed by atoms with Gasteiger partial charge >= 0.3 is 0 Å². The number of nitrogens with one attached hydrogen (secondary N) is 2. The van der Waals surface area contributed by atoms with E-state index in [0.717, 1.165) is 44.7 Å². The number of halogens is 1. The fourth-order valence-corrected chi connectivity index (χ4v) is 4.10. The molecule has 4 aromatic heterocycles. The van der Waals surface area contributed by atoms with Crippen molar-refractivity contribution >= 4 is 28.4 Å². The highest BCUT2D eigenvalue weighted by molar-refractivity contribution is 6.31. The zero-order valence-electron chi connectivity index (χ0n) is 19.1. The summed E-state index contributed by atoms with van der Waals surface area (Å²) >= 11 is 6.18. The molecule has 1 aromatic carbocycles. The smallest absolute Gasteiger partial charge is 0.251 e. The topological polar surface area (TPSA) is 122 Å². The summed E-state index contributed by atoms with van der Waals surface area (Å²) in [5, 5.41) is 18.7. The molecular weight excluding hydrogens is 464 g/mol. The Hall–Kier alpha value is -4.24. The highest BCUT2D eigenvalue weighted by atomic mass is 35.5. The number of hydrogen-bond donors (Lipinski definition) is 2. The molecule has 0 bridgehead atoms. The molecule has 0 saturated carbocycles. The van der Waals surface area contributed by atoms with Crippen LogP contribution in [0.3, 0.4) is 0 Å². The molecule has 174 valence electrons. The van der Waals surface area contributed by atoms with E-state index in [2.05, 4.69) is 40.9 Å². The van der Waals surface area contributed by atoms with Crippen molar-refractivity contribution in [2.75, 3.05) is 0 Å². The molecule has 0 aliphatic rings. The lowest BCUT2D eigenvalue weighted by molar-refractivity contribution is 0.0950. The maximum absolute atomic E-state index is 12.8. The first-order chi connectivity index (χ1) is 17.0. The first-order valence-electron chi connectivity index (χ1n) is 10.9. The average molecular weight is 485 g/mol. The third-order valence-electron chi connectivity index (χ3n) is 5.63. The summed E-state index contributed by atoms with van der Waals surface area (Å²) in [5.74, 6) is 0.268. The number of carbonyl (C=O) groups is 1. The van der Waals surface area contributed by atoms with Crippen molar-refractivity contribution in [3.8, 4) is 11.4 Å². The first kappa shape index (κ1) is 22.5. The molecule has 0 aliphatic heterocycles. The van der Waals surface area contributed by atoms with Gasteiger partial charge in [0.1, 0.15) is 0 Å². The maximum atomic E-state index is 12.8. The predicted molar refractivity (Wildman–Crippen MR) is 132 cm³/mol. The molecule has 0 radical (unpaired) electrons. The van der Waals surface area contributed by atoms with Crippen molar-refractivity contribution in [3.63, 3.8) is 0 Å². The number of tetrazole rings is 1. The number of carbonyl (C=O) groups excluding carboxylic acids is 1. The number of aryl methyl sites for hydroxylation is 2. The van der Waals surface area contributed by atoms with E-state index in [-0.39, 0.29) is 5.91 Å². The van der Waals surface area contributed by atoms with Crippen LogP contribution in [0.15, 0.2) is 54.9 Å². The Bertz CT molecular complexity index is 1530. The zero-order valence-corrected chi connectivity index (χ0v) is 19.8. The number of fused-ring (bicyclic) bond motifs is 1. The summed E-state index contributed by atoms with van der Waals surface area (Å²) < 4.78 is 0. The minimum atomic E-state index is -0.171. The van der Waals surface area contributed by atoms with Crippen molar-refractivity contribution < 1.29 is 4.79 Å². The summed E-state index contributed by atoms with van der Waals surface area (Å²) in [7, 11) is 0. The minimum absolute atomic E-state index is 0.171. The van der Waals surface area contributed by atoms with Crippen molar-refractivity contribution in [1.29, 1.82) is 0 Å². The fourth-order valence-electron chi connectivity index (χ4n) is 3.94. The highest BCUT2D eigenvalue weighted by Crippen LogP contribution is 2.28. The third kappa shape index (κ3) is 4.99. The van der Waals surface area contributed by atoms with E-state index in [4.69, 9.17) is 11.6 Å². The summed E-state index contributed by atoms with van der Waals surface area (Å²) in [6, 6.07) is 13.2. The third-order valence-corrected chi connectivity index (χ3v) is 5.84. The lowest BCUT2D eigenvalue weighted by atomic mass is 10.0. The van der Waals surface area contributed by atoms with Crippen LogP contribution >= 0.6 is 11.6 Å². The summed E-state index contributed by atoms with van der Waals surface area (Å²) in [6.45, 7) is 4.29. The van der Waals surface area contributed by atoms with Gasteiger partial charge in [-0.25, -0.2) is 0 Å². The predicted octanol–water partition coefficient (Wildman–Crippen LogP) is 4.00. The Kier molecular flexibility index (Phi) is 6.15. The first-order valence-corrected chi connectivity index (χ1v) is 11.3. The number of benzene rings is 1. The monoisotopic (exact) mass is 484 g/mol. The van der Waals surface area contributed by atoms with Gasteiger partial charge in [0.15, 0.2) is 0 Å². The van der Waals surface area contributed by atoms with Gasteiger partial charge in [-0.1, -0.05) is 17.7 Å². The molecule has 0 spiro atoms. The van der Waals surface area contributed by atoms with Gasteiger partial charge in [-0.15, -0.1) is 10.2 Å². The number of nitrogens with zero attached hydrogens (tertiary/aromatic N) is 6. The van der Waals surface area contributed by atoms with Crippen molar-refractivity contribution in [1.82, 2.24) is 40.9 Å². The fraction of sp³-hybridized carbons (Fsp3) is 0.160. The molecule has 9 nitrogen and oxygen atoms in total. The minimum Gasteiger partial charge on any atom is -0.348 e. The Morgan fingerprint density at radius 1 is 1.09 bits per heavy atom. The summed E-state index contributed by atoms with van der Waals surface area (Å²) in [5.41, 5.74) is 6.54. The molecule has 2 N–H and O–H groups in total. The SMILES string of the molecule is Cc1ccc(CNC(=O)c2ccnc(Cc3cc(-c4nn[nH]n4)c4ncc(Cl)cc4c3)c2)c(C)n1. The van der Waals surface area contributed by atoms with Gasteiger partial charge in [0.2, 0.25) is 5.82 Å².